The number of pyridine rings is 1. The summed E-state index contributed by atoms with van der Waals surface area (Å²) in [5.74, 6) is -1.23. The van der Waals surface area contributed by atoms with E-state index in [0.717, 1.165) is 24.0 Å². The molecule has 4 rings (SSSR count). The molecule has 1 aromatic heterocycles. The lowest BCUT2D eigenvalue weighted by Gasteiger charge is -2.27. The lowest BCUT2D eigenvalue weighted by molar-refractivity contribution is -0.139. The molecule has 0 aliphatic carbocycles. The number of hydrogen-bond donors (Lipinski definition) is 4. The van der Waals surface area contributed by atoms with E-state index in [1.54, 1.807) is 22.0 Å². The van der Waals surface area contributed by atoms with Crippen LogP contribution in [-0.2, 0) is 26.0 Å². The number of likely N-dealkylation sites (tertiary alicyclic amines) is 1. The number of aliphatic carboxylic acids is 1. The number of carbonyl (C=O) groups excluding carboxylic acids is 2. The van der Waals surface area contributed by atoms with Gasteiger partial charge in [0, 0.05) is 30.9 Å². The fourth-order valence-electron chi connectivity index (χ4n) is 5.09. The Bertz CT molecular complexity index is 1430. The summed E-state index contributed by atoms with van der Waals surface area (Å²) >= 11 is 0. The summed E-state index contributed by atoms with van der Waals surface area (Å²) in [6.45, 7) is 4.83. The normalized spacial score (nSPS) is 19.5. The summed E-state index contributed by atoms with van der Waals surface area (Å²) in [6, 6.07) is 8.88. The molecule has 220 valence electrons. The number of carboxylic acid groups (broad SMARTS) is 1. The van der Waals surface area contributed by atoms with Gasteiger partial charge >= 0.3 is 12.0 Å². The maximum Gasteiger partial charge on any atom is 0.323 e. The number of sulfonamides is 1. The van der Waals surface area contributed by atoms with Crippen molar-refractivity contribution in [3.63, 3.8) is 0 Å². The summed E-state index contributed by atoms with van der Waals surface area (Å²) in [5, 5.41) is 21.1. The fourth-order valence-corrected chi connectivity index (χ4v) is 5.78. The van der Waals surface area contributed by atoms with Crippen molar-refractivity contribution in [3.8, 4) is 0 Å². The van der Waals surface area contributed by atoms with Crippen LogP contribution in [0.5, 0.6) is 0 Å². The predicted octanol–water partition coefficient (Wildman–Crippen LogP) is 1.88. The molecule has 1 fully saturated rings. The Hall–Kier alpha value is -4.04. The standard InChI is InChI=1S/C27H35N7O6S/c1-17-6-4-5-7-21(17)30-27(38)29-20-9-8-19(28-15-20)14-24(35)34-13-10-18(2)25(34)22-11-12-33(31-22)16-23(26(36)37)32-41(3,39)40/h4-9,15,18,23,25,32H,10-14,16H2,1-3H3,(H,36,37)(H2,29,30,38). The van der Waals surface area contributed by atoms with Crippen LogP contribution in [0.3, 0.4) is 0 Å². The molecule has 41 heavy (non-hydrogen) atoms. The summed E-state index contributed by atoms with van der Waals surface area (Å²) in [5.41, 5.74) is 3.47. The van der Waals surface area contributed by atoms with Gasteiger partial charge in [0.25, 0.3) is 0 Å². The van der Waals surface area contributed by atoms with Crippen molar-refractivity contribution in [2.45, 2.75) is 45.2 Å². The number of anilines is 2. The number of aryl methyl sites for hydroxylation is 1. The van der Waals surface area contributed by atoms with Crippen molar-refractivity contribution in [2.24, 2.45) is 11.0 Å². The Morgan fingerprint density at radius 3 is 2.54 bits per heavy atom. The van der Waals surface area contributed by atoms with Gasteiger partial charge in [-0.1, -0.05) is 25.1 Å². The second-order valence-corrected chi connectivity index (χ2v) is 12.2. The number of hydrazone groups is 1. The van der Waals surface area contributed by atoms with E-state index >= 15 is 0 Å². The molecule has 13 nitrogen and oxygen atoms in total. The van der Waals surface area contributed by atoms with Crippen LogP contribution in [-0.4, -0.2) is 90.0 Å². The third kappa shape index (κ3) is 8.01. The van der Waals surface area contributed by atoms with Crippen LogP contribution in [0.15, 0.2) is 47.7 Å². The highest BCUT2D eigenvalue weighted by molar-refractivity contribution is 7.88. The maximum atomic E-state index is 13.3. The average Bonchev–Trinajstić information content (AvgIpc) is 3.51. The molecule has 4 N–H and O–H groups in total. The van der Waals surface area contributed by atoms with Crippen molar-refractivity contribution in [1.29, 1.82) is 0 Å². The number of nitrogens with one attached hydrogen (secondary N) is 3. The minimum absolute atomic E-state index is 0.0786. The molecular formula is C27H35N7O6S. The van der Waals surface area contributed by atoms with Gasteiger partial charge in [-0.05, 0) is 43.0 Å². The van der Waals surface area contributed by atoms with E-state index in [0.29, 0.717) is 36.6 Å². The largest absolute Gasteiger partial charge is 0.480 e. The molecule has 0 bridgehead atoms. The second kappa shape index (κ2) is 12.6. The molecule has 3 amide bonds. The Kier molecular flexibility index (Phi) is 9.23. The van der Waals surface area contributed by atoms with E-state index in [2.05, 4.69) is 32.4 Å². The van der Waals surface area contributed by atoms with E-state index in [-0.39, 0.29) is 30.8 Å². The van der Waals surface area contributed by atoms with E-state index < -0.39 is 28.1 Å². The lowest BCUT2D eigenvalue weighted by Crippen LogP contribution is -2.46. The van der Waals surface area contributed by atoms with Crippen LogP contribution in [0.1, 0.15) is 31.0 Å². The summed E-state index contributed by atoms with van der Waals surface area (Å²) in [6.07, 6.45) is 3.85. The van der Waals surface area contributed by atoms with Crippen molar-refractivity contribution in [3.05, 3.63) is 53.9 Å². The molecular weight excluding hydrogens is 550 g/mol. The van der Waals surface area contributed by atoms with Crippen molar-refractivity contribution in [1.82, 2.24) is 19.6 Å². The van der Waals surface area contributed by atoms with Crippen molar-refractivity contribution >= 4 is 45.0 Å². The summed E-state index contributed by atoms with van der Waals surface area (Å²) in [4.78, 5) is 43.4. The fraction of sp³-hybridized carbons (Fsp3) is 0.444. The first-order valence-electron chi connectivity index (χ1n) is 13.3. The SMILES string of the molecule is Cc1ccccc1NC(=O)Nc1ccc(CC(=O)N2CCC(C)C2C2=NN(CC(NS(C)(=O)=O)C(=O)O)CC2)nc1. The molecule has 14 heteroatoms. The zero-order valence-corrected chi connectivity index (χ0v) is 24.0. The van der Waals surface area contributed by atoms with Gasteiger partial charge in [0.2, 0.25) is 15.9 Å². The molecule has 0 radical (unpaired) electrons. The molecule has 3 heterocycles. The Morgan fingerprint density at radius 2 is 1.88 bits per heavy atom. The number of aromatic nitrogens is 1. The number of carboxylic acids is 1. The van der Waals surface area contributed by atoms with E-state index in [9.17, 15) is 27.9 Å². The highest BCUT2D eigenvalue weighted by atomic mass is 32.2. The van der Waals surface area contributed by atoms with Gasteiger partial charge in [0.15, 0.2) is 0 Å². The molecule has 0 saturated carbocycles. The van der Waals surface area contributed by atoms with Gasteiger partial charge < -0.3 is 20.6 Å². The van der Waals surface area contributed by atoms with Crippen LogP contribution in [0.25, 0.3) is 0 Å². The monoisotopic (exact) mass is 585 g/mol. The predicted molar refractivity (Wildman–Crippen MR) is 154 cm³/mol. The first kappa shape index (κ1) is 29.9. The first-order valence-corrected chi connectivity index (χ1v) is 15.2. The first-order chi connectivity index (χ1) is 19.4. The summed E-state index contributed by atoms with van der Waals surface area (Å²) < 4.78 is 25.2. The molecule has 3 atom stereocenters. The highest BCUT2D eigenvalue weighted by Crippen LogP contribution is 2.29. The molecule has 2 aromatic rings. The number of hydrogen-bond acceptors (Lipinski definition) is 8. The van der Waals surface area contributed by atoms with Crippen LogP contribution >= 0.6 is 0 Å². The number of carbonyl (C=O) groups is 3. The number of rotatable bonds is 10. The van der Waals surface area contributed by atoms with Gasteiger partial charge in [-0.3, -0.25) is 19.6 Å². The lowest BCUT2D eigenvalue weighted by atomic mass is 9.96. The van der Waals surface area contributed by atoms with E-state index in [1.807, 2.05) is 31.2 Å². The van der Waals surface area contributed by atoms with Gasteiger partial charge in [-0.25, -0.2) is 13.2 Å². The zero-order chi connectivity index (χ0) is 29.7. The summed E-state index contributed by atoms with van der Waals surface area (Å²) in [7, 11) is -3.71. The highest BCUT2D eigenvalue weighted by Gasteiger charge is 2.40. The van der Waals surface area contributed by atoms with Gasteiger partial charge in [0.1, 0.15) is 6.04 Å². The van der Waals surface area contributed by atoms with Crippen LogP contribution in [0.2, 0.25) is 0 Å². The Morgan fingerprint density at radius 1 is 1.12 bits per heavy atom. The second-order valence-electron chi connectivity index (χ2n) is 10.4. The third-order valence-corrected chi connectivity index (χ3v) is 7.83. The van der Waals surface area contributed by atoms with Gasteiger partial charge in [0.05, 0.1) is 42.9 Å². The molecule has 1 saturated heterocycles. The Balaban J connectivity index is 1.35. The number of benzene rings is 1. The zero-order valence-electron chi connectivity index (χ0n) is 23.2. The minimum atomic E-state index is -3.71. The molecule has 3 unspecified atom stereocenters. The minimum Gasteiger partial charge on any atom is -0.480 e. The number of nitrogens with zero attached hydrogens (tertiary/aromatic N) is 4. The van der Waals surface area contributed by atoms with Gasteiger partial charge in [-0.15, -0.1) is 0 Å². The Labute approximate surface area is 239 Å². The maximum absolute atomic E-state index is 13.3. The third-order valence-electron chi connectivity index (χ3n) is 7.11. The van der Waals surface area contributed by atoms with Crippen molar-refractivity contribution < 1.29 is 27.9 Å². The quantitative estimate of drug-likeness (QED) is 0.327. The molecule has 0 spiro atoms. The topological polar surface area (TPSA) is 173 Å². The van der Waals surface area contributed by atoms with Crippen LogP contribution in [0, 0.1) is 12.8 Å². The average molecular weight is 586 g/mol. The molecule has 2 aliphatic rings. The van der Waals surface area contributed by atoms with E-state index in [4.69, 9.17) is 0 Å². The molecule has 2 aliphatic heterocycles. The van der Waals surface area contributed by atoms with Crippen molar-refractivity contribution in [2.75, 3.05) is 36.5 Å². The van der Waals surface area contributed by atoms with Crippen LogP contribution in [0.4, 0.5) is 16.2 Å². The smallest absolute Gasteiger partial charge is 0.323 e. The number of para-hydroxylation sites is 1. The number of amides is 3. The number of urea groups is 1. The van der Waals surface area contributed by atoms with Crippen LogP contribution < -0.4 is 15.4 Å². The van der Waals surface area contributed by atoms with Gasteiger partial charge in [-0.2, -0.15) is 9.82 Å². The van der Waals surface area contributed by atoms with E-state index in [1.165, 1.54) is 6.20 Å². The molecule has 1 aromatic carbocycles.